The van der Waals surface area contributed by atoms with Crippen molar-refractivity contribution in [3.63, 3.8) is 0 Å². The standard InChI is InChI=1S/C15H13F2NO4/c1-9-3-2-4-14(15(9)18(20)21)22-8-13(19)11-6-5-10(16)7-12(11)17/h2-7,13,19H,8H2,1H3. The van der Waals surface area contributed by atoms with Crippen molar-refractivity contribution >= 4 is 5.69 Å². The Morgan fingerprint density at radius 3 is 2.68 bits per heavy atom. The first-order valence-electron chi connectivity index (χ1n) is 6.40. The molecule has 1 unspecified atom stereocenters. The number of rotatable bonds is 5. The van der Waals surface area contributed by atoms with Gasteiger partial charge in [0.25, 0.3) is 0 Å². The lowest BCUT2D eigenvalue weighted by molar-refractivity contribution is -0.386. The van der Waals surface area contributed by atoms with Gasteiger partial charge in [0.1, 0.15) is 24.3 Å². The van der Waals surface area contributed by atoms with E-state index >= 15 is 0 Å². The van der Waals surface area contributed by atoms with Gasteiger partial charge in [-0.25, -0.2) is 8.78 Å². The Labute approximate surface area is 124 Å². The third kappa shape index (κ3) is 3.37. The Bertz CT molecular complexity index is 706. The summed E-state index contributed by atoms with van der Waals surface area (Å²) in [5.74, 6) is -1.69. The maximum Gasteiger partial charge on any atom is 0.313 e. The van der Waals surface area contributed by atoms with Crippen LogP contribution in [0.5, 0.6) is 5.75 Å². The van der Waals surface area contributed by atoms with Crippen LogP contribution in [0.25, 0.3) is 0 Å². The first-order valence-corrected chi connectivity index (χ1v) is 6.40. The van der Waals surface area contributed by atoms with Gasteiger partial charge in [0, 0.05) is 17.2 Å². The number of aryl methyl sites for hydroxylation is 1. The number of hydrogen-bond acceptors (Lipinski definition) is 4. The molecule has 0 saturated heterocycles. The number of nitro benzene ring substituents is 1. The fourth-order valence-corrected chi connectivity index (χ4v) is 2.01. The van der Waals surface area contributed by atoms with Crippen LogP contribution < -0.4 is 4.74 Å². The van der Waals surface area contributed by atoms with Crippen LogP contribution in [0.4, 0.5) is 14.5 Å². The summed E-state index contributed by atoms with van der Waals surface area (Å²) in [6.07, 6.45) is -1.37. The second-order valence-electron chi connectivity index (χ2n) is 4.67. The lowest BCUT2D eigenvalue weighted by atomic mass is 10.1. The van der Waals surface area contributed by atoms with Crippen molar-refractivity contribution in [1.29, 1.82) is 0 Å². The van der Waals surface area contributed by atoms with Crippen LogP contribution in [0.1, 0.15) is 17.2 Å². The Morgan fingerprint density at radius 2 is 2.05 bits per heavy atom. The van der Waals surface area contributed by atoms with E-state index in [2.05, 4.69) is 0 Å². The highest BCUT2D eigenvalue weighted by atomic mass is 19.1. The molecule has 0 amide bonds. The van der Waals surface area contributed by atoms with Gasteiger partial charge in [-0.05, 0) is 19.1 Å². The smallest absolute Gasteiger partial charge is 0.313 e. The molecular weight excluding hydrogens is 296 g/mol. The highest BCUT2D eigenvalue weighted by molar-refractivity contribution is 5.52. The number of benzene rings is 2. The average molecular weight is 309 g/mol. The van der Waals surface area contributed by atoms with Gasteiger partial charge in [-0.2, -0.15) is 0 Å². The molecule has 5 nitrogen and oxygen atoms in total. The summed E-state index contributed by atoms with van der Waals surface area (Å²) in [5, 5.41) is 20.9. The first kappa shape index (κ1) is 15.8. The lowest BCUT2D eigenvalue weighted by Crippen LogP contribution is -2.12. The summed E-state index contributed by atoms with van der Waals surface area (Å²) in [6.45, 7) is 1.16. The molecule has 0 heterocycles. The number of nitrogens with zero attached hydrogens (tertiary/aromatic N) is 1. The summed E-state index contributed by atoms with van der Waals surface area (Å²) in [7, 11) is 0. The zero-order chi connectivity index (χ0) is 16.3. The van der Waals surface area contributed by atoms with Crippen molar-refractivity contribution < 1.29 is 23.5 Å². The Balaban J connectivity index is 2.16. The van der Waals surface area contributed by atoms with E-state index in [1.54, 1.807) is 19.1 Å². The fraction of sp³-hybridized carbons (Fsp3) is 0.200. The number of hydrogen-bond donors (Lipinski definition) is 1. The molecule has 0 saturated carbocycles. The molecule has 22 heavy (non-hydrogen) atoms. The predicted octanol–water partition coefficient (Wildman–Crippen LogP) is 3.29. The van der Waals surface area contributed by atoms with Crippen LogP contribution in [0.3, 0.4) is 0 Å². The number of aliphatic hydroxyl groups excluding tert-OH is 1. The van der Waals surface area contributed by atoms with Crippen LogP contribution in [-0.4, -0.2) is 16.6 Å². The van der Waals surface area contributed by atoms with Gasteiger partial charge in [-0.1, -0.05) is 18.2 Å². The van der Waals surface area contributed by atoms with Crippen molar-refractivity contribution in [1.82, 2.24) is 0 Å². The van der Waals surface area contributed by atoms with Crippen molar-refractivity contribution in [2.45, 2.75) is 13.0 Å². The molecule has 7 heteroatoms. The van der Waals surface area contributed by atoms with Crippen molar-refractivity contribution in [2.75, 3.05) is 6.61 Å². The molecule has 0 aliphatic heterocycles. The molecular formula is C15H13F2NO4. The van der Waals surface area contributed by atoms with E-state index in [1.165, 1.54) is 6.07 Å². The van der Waals surface area contributed by atoms with Gasteiger partial charge in [0.2, 0.25) is 0 Å². The molecule has 0 radical (unpaired) electrons. The predicted molar refractivity (Wildman–Crippen MR) is 74.6 cm³/mol. The van der Waals surface area contributed by atoms with Crippen molar-refractivity contribution in [3.8, 4) is 5.75 Å². The normalized spacial score (nSPS) is 12.0. The summed E-state index contributed by atoms with van der Waals surface area (Å²) >= 11 is 0. The van der Waals surface area contributed by atoms with Gasteiger partial charge in [-0.15, -0.1) is 0 Å². The van der Waals surface area contributed by atoms with E-state index in [0.29, 0.717) is 11.6 Å². The number of para-hydroxylation sites is 1. The molecule has 0 fully saturated rings. The van der Waals surface area contributed by atoms with Gasteiger partial charge >= 0.3 is 5.69 Å². The minimum Gasteiger partial charge on any atom is -0.484 e. The third-order valence-corrected chi connectivity index (χ3v) is 3.10. The Kier molecular flexibility index (Phi) is 4.67. The summed E-state index contributed by atoms with van der Waals surface area (Å²) in [4.78, 5) is 10.4. The largest absolute Gasteiger partial charge is 0.484 e. The van der Waals surface area contributed by atoms with E-state index in [-0.39, 0.29) is 17.0 Å². The van der Waals surface area contributed by atoms with E-state index in [9.17, 15) is 24.0 Å². The molecule has 116 valence electrons. The monoisotopic (exact) mass is 309 g/mol. The van der Waals surface area contributed by atoms with Crippen LogP contribution in [-0.2, 0) is 0 Å². The third-order valence-electron chi connectivity index (χ3n) is 3.10. The summed E-state index contributed by atoms with van der Waals surface area (Å²) < 4.78 is 31.6. The first-order chi connectivity index (χ1) is 10.4. The zero-order valence-electron chi connectivity index (χ0n) is 11.6. The Morgan fingerprint density at radius 1 is 1.32 bits per heavy atom. The average Bonchev–Trinajstić information content (AvgIpc) is 2.44. The summed E-state index contributed by atoms with van der Waals surface area (Å²) in [6, 6.07) is 7.27. The van der Waals surface area contributed by atoms with Gasteiger partial charge < -0.3 is 9.84 Å². The molecule has 2 aromatic rings. The molecule has 0 aliphatic rings. The molecule has 0 aliphatic carbocycles. The molecule has 0 aromatic heterocycles. The van der Waals surface area contributed by atoms with E-state index in [1.807, 2.05) is 0 Å². The number of aliphatic hydroxyl groups is 1. The molecule has 0 spiro atoms. The van der Waals surface area contributed by atoms with Crippen molar-refractivity contribution in [2.24, 2.45) is 0 Å². The highest BCUT2D eigenvalue weighted by Gasteiger charge is 2.20. The van der Waals surface area contributed by atoms with Crippen molar-refractivity contribution in [3.05, 3.63) is 69.3 Å². The zero-order valence-corrected chi connectivity index (χ0v) is 11.6. The second kappa shape index (κ2) is 6.48. The topological polar surface area (TPSA) is 72.6 Å². The highest BCUT2D eigenvalue weighted by Crippen LogP contribution is 2.31. The minimum absolute atomic E-state index is 0.0217. The lowest BCUT2D eigenvalue weighted by Gasteiger charge is -2.14. The van der Waals surface area contributed by atoms with Gasteiger partial charge in [-0.3, -0.25) is 10.1 Å². The summed E-state index contributed by atoms with van der Waals surface area (Å²) in [5.41, 5.74) is 0.0518. The number of halogens is 2. The molecule has 2 aromatic carbocycles. The SMILES string of the molecule is Cc1cccc(OCC(O)c2ccc(F)cc2F)c1[N+](=O)[O-]. The van der Waals surface area contributed by atoms with E-state index in [4.69, 9.17) is 4.74 Å². The van der Waals surface area contributed by atoms with Gasteiger partial charge in [0.15, 0.2) is 5.75 Å². The second-order valence-corrected chi connectivity index (χ2v) is 4.67. The molecule has 1 atom stereocenters. The van der Waals surface area contributed by atoms with Crippen LogP contribution in [0, 0.1) is 28.7 Å². The quantitative estimate of drug-likeness (QED) is 0.679. The molecule has 1 N–H and O–H groups in total. The van der Waals surface area contributed by atoms with Crippen LogP contribution in [0.15, 0.2) is 36.4 Å². The van der Waals surface area contributed by atoms with Crippen LogP contribution >= 0.6 is 0 Å². The fourth-order valence-electron chi connectivity index (χ4n) is 2.01. The maximum atomic E-state index is 13.5. The van der Waals surface area contributed by atoms with E-state index < -0.39 is 29.3 Å². The number of ether oxygens (including phenoxy) is 1. The molecule has 0 bridgehead atoms. The Hall–Kier alpha value is -2.54. The van der Waals surface area contributed by atoms with Crippen LogP contribution in [0.2, 0.25) is 0 Å². The maximum absolute atomic E-state index is 13.5. The molecule has 2 rings (SSSR count). The van der Waals surface area contributed by atoms with E-state index in [0.717, 1.165) is 12.1 Å². The number of nitro groups is 1. The minimum atomic E-state index is -1.37. The van der Waals surface area contributed by atoms with Gasteiger partial charge in [0.05, 0.1) is 4.92 Å².